The van der Waals surface area contributed by atoms with Gasteiger partial charge in [-0.05, 0) is 31.5 Å². The van der Waals surface area contributed by atoms with E-state index in [1.807, 2.05) is 18.2 Å². The molecule has 0 aliphatic heterocycles. The summed E-state index contributed by atoms with van der Waals surface area (Å²) in [6, 6.07) is 8.46. The zero-order chi connectivity index (χ0) is 13.5. The number of hydrogen-bond acceptors (Lipinski definition) is 3. The second kappa shape index (κ2) is 7.40. The average Bonchev–Trinajstić information content (AvgIpc) is 2.39. The van der Waals surface area contributed by atoms with Crippen LogP contribution in [0.3, 0.4) is 0 Å². The van der Waals surface area contributed by atoms with E-state index in [1.165, 1.54) is 0 Å². The Hall–Kier alpha value is -1.05. The maximum absolute atomic E-state index is 9.24. The Morgan fingerprint density at radius 2 is 2.22 bits per heavy atom. The molecular formula is C14H19BrN2O. The van der Waals surface area contributed by atoms with Crippen molar-refractivity contribution in [2.45, 2.75) is 26.3 Å². The Bertz CT molecular complexity index is 428. The number of methoxy groups -OCH3 is 1. The number of rotatable bonds is 6. The predicted molar refractivity (Wildman–Crippen MR) is 77.8 cm³/mol. The van der Waals surface area contributed by atoms with Gasteiger partial charge in [0.2, 0.25) is 0 Å². The van der Waals surface area contributed by atoms with Crippen LogP contribution in [-0.4, -0.2) is 26.3 Å². The van der Waals surface area contributed by atoms with E-state index in [0.29, 0.717) is 18.2 Å². The standard InChI is InChI=1S/C14H19BrN2O/c1-4-11(2)17(7-8-18-3)14-6-5-13(15)9-12(14)10-16/h5-6,9,11H,4,7-8H2,1-3H3. The fourth-order valence-corrected chi connectivity index (χ4v) is 2.20. The van der Waals surface area contributed by atoms with Gasteiger partial charge < -0.3 is 9.64 Å². The molecule has 0 fully saturated rings. The monoisotopic (exact) mass is 310 g/mol. The van der Waals surface area contributed by atoms with E-state index in [1.54, 1.807) is 7.11 Å². The molecule has 0 aliphatic carbocycles. The van der Waals surface area contributed by atoms with Crippen molar-refractivity contribution in [3.05, 3.63) is 28.2 Å². The van der Waals surface area contributed by atoms with E-state index in [4.69, 9.17) is 4.74 Å². The quantitative estimate of drug-likeness (QED) is 0.806. The van der Waals surface area contributed by atoms with E-state index >= 15 is 0 Å². The molecule has 1 aromatic rings. The lowest BCUT2D eigenvalue weighted by Gasteiger charge is -2.31. The molecule has 0 saturated carbocycles. The molecule has 0 amide bonds. The Morgan fingerprint density at radius 1 is 1.50 bits per heavy atom. The van der Waals surface area contributed by atoms with Crippen LogP contribution in [0.2, 0.25) is 0 Å². The van der Waals surface area contributed by atoms with E-state index in [9.17, 15) is 5.26 Å². The first-order chi connectivity index (χ1) is 8.63. The third-order valence-corrected chi connectivity index (χ3v) is 3.54. The lowest BCUT2D eigenvalue weighted by atomic mass is 10.1. The lowest BCUT2D eigenvalue weighted by molar-refractivity contribution is 0.203. The highest BCUT2D eigenvalue weighted by Gasteiger charge is 2.16. The van der Waals surface area contributed by atoms with E-state index in [0.717, 1.165) is 23.1 Å². The first-order valence-electron chi connectivity index (χ1n) is 6.09. The number of benzene rings is 1. The van der Waals surface area contributed by atoms with Gasteiger partial charge in [-0.15, -0.1) is 0 Å². The molecule has 0 heterocycles. The SMILES string of the molecule is CCC(C)N(CCOC)c1ccc(Br)cc1C#N. The van der Waals surface area contributed by atoms with Crippen LogP contribution in [0.15, 0.2) is 22.7 Å². The highest BCUT2D eigenvalue weighted by Crippen LogP contribution is 2.26. The summed E-state index contributed by atoms with van der Waals surface area (Å²) in [5.74, 6) is 0. The number of nitrogens with zero attached hydrogens (tertiary/aromatic N) is 2. The van der Waals surface area contributed by atoms with E-state index in [2.05, 4.69) is 40.7 Å². The molecule has 1 aromatic carbocycles. The van der Waals surface area contributed by atoms with Gasteiger partial charge >= 0.3 is 0 Å². The van der Waals surface area contributed by atoms with Gasteiger partial charge in [-0.2, -0.15) is 5.26 Å². The molecule has 0 aromatic heterocycles. The molecule has 1 unspecified atom stereocenters. The number of halogens is 1. The van der Waals surface area contributed by atoms with Crippen molar-refractivity contribution in [2.24, 2.45) is 0 Å². The van der Waals surface area contributed by atoms with Gasteiger partial charge in [0.05, 0.1) is 17.9 Å². The summed E-state index contributed by atoms with van der Waals surface area (Å²) >= 11 is 3.40. The summed E-state index contributed by atoms with van der Waals surface area (Å²) in [4.78, 5) is 2.23. The minimum atomic E-state index is 0.383. The zero-order valence-corrected chi connectivity index (χ0v) is 12.7. The van der Waals surface area contributed by atoms with Crippen molar-refractivity contribution in [1.82, 2.24) is 0 Å². The summed E-state index contributed by atoms with van der Waals surface area (Å²) < 4.78 is 6.08. The molecule has 0 spiro atoms. The molecule has 1 rings (SSSR count). The number of nitriles is 1. The number of anilines is 1. The Balaban J connectivity index is 3.08. The topological polar surface area (TPSA) is 36.3 Å². The molecule has 0 N–H and O–H groups in total. The fourth-order valence-electron chi connectivity index (χ4n) is 1.84. The fraction of sp³-hybridized carbons (Fsp3) is 0.500. The van der Waals surface area contributed by atoms with Gasteiger partial charge in [0.1, 0.15) is 6.07 Å². The lowest BCUT2D eigenvalue weighted by Crippen LogP contribution is -2.36. The Kier molecular flexibility index (Phi) is 6.17. The van der Waals surface area contributed by atoms with Crippen LogP contribution < -0.4 is 4.90 Å². The van der Waals surface area contributed by atoms with Gasteiger partial charge in [0, 0.05) is 24.2 Å². The zero-order valence-electron chi connectivity index (χ0n) is 11.1. The van der Waals surface area contributed by atoms with Crippen molar-refractivity contribution in [2.75, 3.05) is 25.2 Å². The predicted octanol–water partition coefficient (Wildman–Crippen LogP) is 3.57. The average molecular weight is 311 g/mol. The smallest absolute Gasteiger partial charge is 0.101 e. The normalized spacial score (nSPS) is 11.9. The summed E-state index contributed by atoms with van der Waals surface area (Å²) in [6.07, 6.45) is 1.03. The maximum Gasteiger partial charge on any atom is 0.101 e. The molecule has 0 bridgehead atoms. The second-order valence-electron chi connectivity index (χ2n) is 4.22. The maximum atomic E-state index is 9.24. The summed E-state index contributed by atoms with van der Waals surface area (Å²) in [6.45, 7) is 5.77. The van der Waals surface area contributed by atoms with E-state index < -0.39 is 0 Å². The molecule has 3 nitrogen and oxygen atoms in total. The van der Waals surface area contributed by atoms with Crippen LogP contribution in [0, 0.1) is 11.3 Å². The van der Waals surface area contributed by atoms with Crippen LogP contribution in [0.1, 0.15) is 25.8 Å². The molecular weight excluding hydrogens is 292 g/mol. The molecule has 0 saturated heterocycles. The van der Waals surface area contributed by atoms with Crippen LogP contribution in [0.25, 0.3) is 0 Å². The van der Waals surface area contributed by atoms with Gasteiger partial charge in [-0.1, -0.05) is 22.9 Å². The van der Waals surface area contributed by atoms with Crippen LogP contribution in [0.5, 0.6) is 0 Å². The van der Waals surface area contributed by atoms with Crippen molar-refractivity contribution in [3.8, 4) is 6.07 Å². The molecule has 0 aliphatic rings. The van der Waals surface area contributed by atoms with Crippen molar-refractivity contribution < 1.29 is 4.74 Å². The molecule has 98 valence electrons. The summed E-state index contributed by atoms with van der Waals surface area (Å²) in [7, 11) is 1.70. The molecule has 1 atom stereocenters. The second-order valence-corrected chi connectivity index (χ2v) is 5.13. The Morgan fingerprint density at radius 3 is 2.78 bits per heavy atom. The summed E-state index contributed by atoms with van der Waals surface area (Å²) in [5.41, 5.74) is 1.67. The van der Waals surface area contributed by atoms with Crippen molar-refractivity contribution in [1.29, 1.82) is 5.26 Å². The number of ether oxygens (including phenoxy) is 1. The molecule has 4 heteroatoms. The van der Waals surface area contributed by atoms with Gasteiger partial charge in [0.15, 0.2) is 0 Å². The van der Waals surface area contributed by atoms with Crippen LogP contribution >= 0.6 is 15.9 Å². The minimum Gasteiger partial charge on any atom is -0.383 e. The largest absolute Gasteiger partial charge is 0.383 e. The van der Waals surface area contributed by atoms with Gasteiger partial charge in [0.25, 0.3) is 0 Å². The highest BCUT2D eigenvalue weighted by molar-refractivity contribution is 9.10. The summed E-state index contributed by atoms with van der Waals surface area (Å²) in [5, 5.41) is 9.24. The van der Waals surface area contributed by atoms with Crippen LogP contribution in [0.4, 0.5) is 5.69 Å². The first kappa shape index (κ1) is 15.0. The molecule has 18 heavy (non-hydrogen) atoms. The number of hydrogen-bond donors (Lipinski definition) is 0. The third-order valence-electron chi connectivity index (χ3n) is 3.05. The van der Waals surface area contributed by atoms with Crippen molar-refractivity contribution >= 4 is 21.6 Å². The first-order valence-corrected chi connectivity index (χ1v) is 6.88. The third kappa shape index (κ3) is 3.72. The van der Waals surface area contributed by atoms with Crippen molar-refractivity contribution in [3.63, 3.8) is 0 Å². The minimum absolute atomic E-state index is 0.383. The Labute approximate surface area is 117 Å². The van der Waals surface area contributed by atoms with Gasteiger partial charge in [-0.25, -0.2) is 0 Å². The van der Waals surface area contributed by atoms with Gasteiger partial charge in [-0.3, -0.25) is 0 Å². The van der Waals surface area contributed by atoms with Crippen LogP contribution in [-0.2, 0) is 4.74 Å². The molecule has 0 radical (unpaired) electrons. The highest BCUT2D eigenvalue weighted by atomic mass is 79.9. The van der Waals surface area contributed by atoms with E-state index in [-0.39, 0.29) is 0 Å².